The van der Waals surface area contributed by atoms with Gasteiger partial charge in [0.05, 0.1) is 4.92 Å². The lowest BCUT2D eigenvalue weighted by molar-refractivity contribution is -0.386. The Morgan fingerprint density at radius 2 is 2.10 bits per heavy atom. The normalized spacial score (nSPS) is 14.5. The summed E-state index contributed by atoms with van der Waals surface area (Å²) >= 11 is 6.49. The van der Waals surface area contributed by atoms with Gasteiger partial charge in [0.1, 0.15) is 4.32 Å². The Bertz CT molecular complexity index is 551. The molecule has 0 saturated carbocycles. The number of thiocarbonyl (C=S) groups is 1. The van der Waals surface area contributed by atoms with Gasteiger partial charge in [-0.3, -0.25) is 10.1 Å². The van der Waals surface area contributed by atoms with E-state index in [0.717, 1.165) is 32.0 Å². The van der Waals surface area contributed by atoms with Crippen LogP contribution in [0.3, 0.4) is 0 Å². The number of likely N-dealkylation sites (tertiary alicyclic amines) is 1. The quantitative estimate of drug-likeness (QED) is 0.362. The molecule has 114 valence electrons. The minimum atomic E-state index is -3.12. The molecular formula is C12H12F2N2O3S2. The van der Waals surface area contributed by atoms with Gasteiger partial charge in [0.15, 0.2) is 0 Å². The predicted octanol–water partition coefficient (Wildman–Crippen LogP) is 3.67. The minimum absolute atomic E-state index is 0.454. The molecule has 1 aliphatic rings. The summed E-state index contributed by atoms with van der Waals surface area (Å²) in [5.41, 5.74) is -0.494. The largest absolute Gasteiger partial charge is 0.427 e. The maximum atomic E-state index is 12.3. The molecule has 5 nitrogen and oxygen atoms in total. The van der Waals surface area contributed by atoms with Gasteiger partial charge in [0.2, 0.25) is 5.75 Å². The third-order valence-electron chi connectivity index (χ3n) is 2.91. The average molecular weight is 334 g/mol. The molecule has 1 aromatic carbocycles. The van der Waals surface area contributed by atoms with E-state index in [1.54, 1.807) is 0 Å². The SMILES string of the molecule is O=[N+]([O-])c1ccc(SC(=S)N2CCCC2)cc1OC(F)F. The summed E-state index contributed by atoms with van der Waals surface area (Å²) < 4.78 is 29.5. The number of halogens is 2. The van der Waals surface area contributed by atoms with Crippen molar-refractivity contribution in [1.29, 1.82) is 0 Å². The van der Waals surface area contributed by atoms with E-state index in [2.05, 4.69) is 4.74 Å². The molecule has 1 aliphatic heterocycles. The smallest absolute Gasteiger partial charge is 0.387 e. The van der Waals surface area contributed by atoms with Crippen LogP contribution in [-0.4, -0.2) is 33.8 Å². The van der Waals surface area contributed by atoms with Crippen LogP contribution in [0, 0.1) is 10.1 Å². The van der Waals surface area contributed by atoms with Gasteiger partial charge in [-0.25, -0.2) is 0 Å². The highest BCUT2D eigenvalue weighted by Crippen LogP contribution is 2.34. The molecule has 1 saturated heterocycles. The number of hydrogen-bond donors (Lipinski definition) is 0. The number of rotatable bonds is 4. The molecule has 1 heterocycles. The highest BCUT2D eigenvalue weighted by atomic mass is 32.2. The van der Waals surface area contributed by atoms with Gasteiger partial charge in [-0.05, 0) is 18.9 Å². The molecule has 0 atom stereocenters. The Balaban J connectivity index is 2.16. The fraction of sp³-hybridized carbons (Fsp3) is 0.417. The van der Waals surface area contributed by atoms with Crippen LogP contribution in [0.15, 0.2) is 23.1 Å². The highest BCUT2D eigenvalue weighted by molar-refractivity contribution is 8.22. The Kier molecular flexibility index (Phi) is 5.29. The number of ether oxygens (including phenoxy) is 1. The maximum Gasteiger partial charge on any atom is 0.387 e. The van der Waals surface area contributed by atoms with Crippen molar-refractivity contribution in [2.75, 3.05) is 13.1 Å². The van der Waals surface area contributed by atoms with Crippen LogP contribution >= 0.6 is 24.0 Å². The highest BCUT2D eigenvalue weighted by Gasteiger charge is 2.21. The first-order valence-corrected chi connectivity index (χ1v) is 7.40. The van der Waals surface area contributed by atoms with E-state index >= 15 is 0 Å². The standard InChI is InChI=1S/C12H12F2N2O3S2/c13-11(14)19-10-7-8(3-4-9(10)16(17)18)21-12(20)15-5-1-2-6-15/h3-4,7,11H,1-2,5-6H2. The zero-order chi connectivity index (χ0) is 15.4. The Morgan fingerprint density at radius 1 is 1.43 bits per heavy atom. The van der Waals surface area contributed by atoms with Crippen molar-refractivity contribution in [2.45, 2.75) is 24.3 Å². The maximum absolute atomic E-state index is 12.3. The zero-order valence-corrected chi connectivity index (χ0v) is 12.5. The Labute approximate surface area is 129 Å². The van der Waals surface area contributed by atoms with Crippen LogP contribution in [0.5, 0.6) is 5.75 Å². The summed E-state index contributed by atoms with van der Waals surface area (Å²) in [6.45, 7) is -1.37. The van der Waals surface area contributed by atoms with Gasteiger partial charge in [-0.2, -0.15) is 8.78 Å². The Morgan fingerprint density at radius 3 is 2.67 bits per heavy atom. The van der Waals surface area contributed by atoms with Gasteiger partial charge >= 0.3 is 12.3 Å². The van der Waals surface area contributed by atoms with E-state index in [0.29, 0.717) is 9.22 Å². The molecule has 0 radical (unpaired) electrons. The Hall–Kier alpha value is -1.48. The van der Waals surface area contributed by atoms with Gasteiger partial charge in [-0.15, -0.1) is 0 Å². The van der Waals surface area contributed by atoms with Crippen molar-refractivity contribution in [3.05, 3.63) is 28.3 Å². The van der Waals surface area contributed by atoms with Crippen molar-refractivity contribution >= 4 is 34.0 Å². The number of benzene rings is 1. The van der Waals surface area contributed by atoms with Crippen LogP contribution in [0.25, 0.3) is 0 Å². The molecule has 0 aromatic heterocycles. The molecule has 0 unspecified atom stereocenters. The predicted molar refractivity (Wildman–Crippen MR) is 79.0 cm³/mol. The van der Waals surface area contributed by atoms with Crippen LogP contribution in [0.4, 0.5) is 14.5 Å². The van der Waals surface area contributed by atoms with Gasteiger partial charge in [-0.1, -0.05) is 24.0 Å². The summed E-state index contributed by atoms with van der Waals surface area (Å²) in [7, 11) is 0. The topological polar surface area (TPSA) is 55.6 Å². The number of nitro groups is 1. The number of thioether (sulfide) groups is 1. The fourth-order valence-electron chi connectivity index (χ4n) is 1.96. The molecule has 21 heavy (non-hydrogen) atoms. The number of nitrogens with zero attached hydrogens (tertiary/aromatic N) is 2. The van der Waals surface area contributed by atoms with Gasteiger partial charge in [0.25, 0.3) is 0 Å². The zero-order valence-electron chi connectivity index (χ0n) is 10.8. The summed E-state index contributed by atoms with van der Waals surface area (Å²) in [6, 6.07) is 3.84. The lowest BCUT2D eigenvalue weighted by atomic mass is 10.3. The minimum Gasteiger partial charge on any atom is -0.427 e. The van der Waals surface area contributed by atoms with E-state index in [1.807, 2.05) is 4.90 Å². The molecule has 0 amide bonds. The second kappa shape index (κ2) is 6.99. The summed E-state index contributed by atoms with van der Waals surface area (Å²) in [5, 5.41) is 10.8. The van der Waals surface area contributed by atoms with Gasteiger partial charge in [0, 0.05) is 30.1 Å². The summed E-state index contributed by atoms with van der Waals surface area (Å²) in [6.07, 6.45) is 2.14. The lowest BCUT2D eigenvalue weighted by Crippen LogP contribution is -2.22. The van der Waals surface area contributed by atoms with Crippen LogP contribution in [0.1, 0.15) is 12.8 Å². The van der Waals surface area contributed by atoms with E-state index < -0.39 is 23.0 Å². The number of hydrogen-bond acceptors (Lipinski definition) is 5. The van der Waals surface area contributed by atoms with Crippen LogP contribution in [0.2, 0.25) is 0 Å². The molecule has 0 aliphatic carbocycles. The average Bonchev–Trinajstić information content (AvgIpc) is 2.91. The third-order valence-corrected chi connectivity index (χ3v) is 4.34. The molecule has 2 rings (SSSR count). The fourth-order valence-corrected chi connectivity index (χ4v) is 3.25. The van der Waals surface area contributed by atoms with E-state index in [1.165, 1.54) is 23.9 Å². The van der Waals surface area contributed by atoms with E-state index in [-0.39, 0.29) is 0 Å². The van der Waals surface area contributed by atoms with Crippen molar-refractivity contribution in [3.8, 4) is 5.75 Å². The number of alkyl halides is 2. The monoisotopic (exact) mass is 334 g/mol. The van der Waals surface area contributed by atoms with Gasteiger partial charge < -0.3 is 9.64 Å². The van der Waals surface area contributed by atoms with Crippen molar-refractivity contribution in [2.24, 2.45) is 0 Å². The van der Waals surface area contributed by atoms with E-state index in [9.17, 15) is 18.9 Å². The van der Waals surface area contributed by atoms with Crippen molar-refractivity contribution < 1.29 is 18.4 Å². The van der Waals surface area contributed by atoms with Crippen molar-refractivity contribution in [3.63, 3.8) is 0 Å². The number of nitro benzene ring substituents is 1. The molecule has 9 heteroatoms. The first-order valence-electron chi connectivity index (χ1n) is 6.17. The van der Waals surface area contributed by atoms with Crippen molar-refractivity contribution in [1.82, 2.24) is 4.90 Å². The molecule has 0 spiro atoms. The third kappa shape index (κ3) is 4.24. The lowest BCUT2D eigenvalue weighted by Gasteiger charge is -2.17. The molecular weight excluding hydrogens is 322 g/mol. The molecule has 0 N–H and O–H groups in total. The van der Waals surface area contributed by atoms with Crippen LogP contribution < -0.4 is 4.74 Å². The molecule has 0 bridgehead atoms. The molecule has 1 fully saturated rings. The first-order chi connectivity index (χ1) is 9.97. The van der Waals surface area contributed by atoms with Crippen LogP contribution in [-0.2, 0) is 0 Å². The summed E-state index contributed by atoms with van der Waals surface area (Å²) in [4.78, 5) is 12.6. The summed E-state index contributed by atoms with van der Waals surface area (Å²) in [5.74, 6) is -0.454. The second-order valence-corrected chi connectivity index (χ2v) is 6.03. The first kappa shape index (κ1) is 15.9. The second-order valence-electron chi connectivity index (χ2n) is 4.33. The molecule has 1 aromatic rings. The van der Waals surface area contributed by atoms with E-state index in [4.69, 9.17) is 12.2 Å².